The minimum Gasteiger partial charge on any atom is -0.237 e. The fourth-order valence-corrected chi connectivity index (χ4v) is 1.09. The molecule has 2 rings (SSSR count). The van der Waals surface area contributed by atoms with Crippen molar-refractivity contribution in [3.63, 3.8) is 0 Å². The third kappa shape index (κ3) is 5.39. The van der Waals surface area contributed by atoms with Gasteiger partial charge in [-0.05, 0) is 25.0 Å². The van der Waals surface area contributed by atoms with E-state index in [9.17, 15) is 0 Å². The predicted octanol–water partition coefficient (Wildman–Crippen LogP) is 3.44. The number of hydrogen-bond acceptors (Lipinski definition) is 3. The lowest BCUT2D eigenvalue weighted by molar-refractivity contribution is 0.842. The van der Waals surface area contributed by atoms with E-state index in [0.29, 0.717) is 0 Å². The zero-order valence-electron chi connectivity index (χ0n) is 11.7. The van der Waals surface area contributed by atoms with E-state index >= 15 is 0 Å². The number of aryl methyl sites for hydroxylation is 1. The predicted molar refractivity (Wildman–Crippen MR) is 75.8 cm³/mol. The third-order valence-corrected chi connectivity index (χ3v) is 1.87. The molecule has 0 unspecified atom stereocenters. The summed E-state index contributed by atoms with van der Waals surface area (Å²) in [5.74, 6) is 0.801. The summed E-state index contributed by atoms with van der Waals surface area (Å²) >= 11 is 0. The number of hydrogen-bond donors (Lipinski definition) is 0. The summed E-state index contributed by atoms with van der Waals surface area (Å²) in [6.07, 6.45) is 7.74. The summed E-state index contributed by atoms with van der Waals surface area (Å²) < 4.78 is 1.64. The van der Waals surface area contributed by atoms with Crippen molar-refractivity contribution in [2.45, 2.75) is 34.1 Å². The Morgan fingerprint density at radius 2 is 2.00 bits per heavy atom. The molecule has 2 heterocycles. The molecule has 0 atom stereocenters. The topological polar surface area (TPSA) is 43.6 Å². The quantitative estimate of drug-likeness (QED) is 0.762. The van der Waals surface area contributed by atoms with Gasteiger partial charge in [0.05, 0.1) is 0 Å². The van der Waals surface area contributed by atoms with Crippen molar-refractivity contribution < 1.29 is 0 Å². The van der Waals surface area contributed by atoms with Crippen LogP contribution in [0, 0.1) is 0 Å². The van der Waals surface area contributed by atoms with E-state index in [-0.39, 0.29) is 0 Å². The lowest BCUT2D eigenvalue weighted by Gasteiger charge is -1.99. The van der Waals surface area contributed by atoms with Gasteiger partial charge in [0.2, 0.25) is 0 Å². The summed E-state index contributed by atoms with van der Waals surface area (Å²) in [6, 6.07) is 3.98. The normalized spacial score (nSPS) is 8.44. The van der Waals surface area contributed by atoms with Crippen LogP contribution in [0.2, 0.25) is 0 Å². The Morgan fingerprint density at radius 1 is 1.33 bits per heavy atom. The number of nitrogens with zero attached hydrogens (tertiary/aromatic N) is 4. The van der Waals surface area contributed by atoms with Gasteiger partial charge in [0.15, 0.2) is 5.82 Å². The summed E-state index contributed by atoms with van der Waals surface area (Å²) in [4.78, 5) is 8.11. The van der Waals surface area contributed by atoms with Crippen LogP contribution in [0.15, 0.2) is 43.6 Å². The second kappa shape index (κ2) is 10.2. The maximum Gasteiger partial charge on any atom is 0.155 e. The Kier molecular flexibility index (Phi) is 9.08. The fourth-order valence-electron chi connectivity index (χ4n) is 1.09. The minimum absolute atomic E-state index is 0.801. The Balaban J connectivity index is 0.000000509. The Labute approximate surface area is 109 Å². The second-order valence-corrected chi connectivity index (χ2v) is 3.13. The summed E-state index contributed by atoms with van der Waals surface area (Å²) in [7, 11) is 0. The highest BCUT2D eigenvalue weighted by Crippen LogP contribution is 2.03. The largest absolute Gasteiger partial charge is 0.237 e. The molecule has 0 aliphatic rings. The van der Waals surface area contributed by atoms with E-state index in [1.165, 1.54) is 11.9 Å². The van der Waals surface area contributed by atoms with Crippen molar-refractivity contribution in [3.05, 3.63) is 49.2 Å². The van der Waals surface area contributed by atoms with Gasteiger partial charge in [0, 0.05) is 6.20 Å². The molecule has 0 bridgehead atoms. The lowest BCUT2D eigenvalue weighted by atomic mass is 10.2. The van der Waals surface area contributed by atoms with Crippen molar-refractivity contribution in [2.75, 3.05) is 0 Å². The Morgan fingerprint density at radius 3 is 2.39 bits per heavy atom. The van der Waals surface area contributed by atoms with Crippen molar-refractivity contribution >= 4 is 0 Å². The van der Waals surface area contributed by atoms with Crippen molar-refractivity contribution in [2.24, 2.45) is 0 Å². The standard InChI is InChI=1S/C9H10N4.C3H6.C2H6/c1-2-8-3-4-9(11-5-8)13-7-10-6-12-13;1-3-2;1-2/h3-7H,2H2,1H3;3H,1H2,2H3;1-2H3. The average Bonchev–Trinajstić information content (AvgIpc) is 2.96. The molecular weight excluding hydrogens is 224 g/mol. The van der Waals surface area contributed by atoms with E-state index in [4.69, 9.17) is 0 Å². The molecule has 2 aromatic heterocycles. The monoisotopic (exact) mass is 246 g/mol. The molecule has 0 fully saturated rings. The van der Waals surface area contributed by atoms with E-state index < -0.39 is 0 Å². The molecule has 0 amide bonds. The van der Waals surface area contributed by atoms with E-state index in [2.05, 4.69) is 28.6 Å². The van der Waals surface area contributed by atoms with Crippen LogP contribution in [-0.4, -0.2) is 19.7 Å². The molecule has 4 heteroatoms. The molecule has 2 aromatic rings. The zero-order valence-corrected chi connectivity index (χ0v) is 11.7. The van der Waals surface area contributed by atoms with Gasteiger partial charge in [-0.3, -0.25) is 0 Å². The summed E-state index contributed by atoms with van der Waals surface area (Å²) in [5, 5.41) is 3.99. The zero-order chi connectivity index (χ0) is 13.8. The van der Waals surface area contributed by atoms with Gasteiger partial charge in [-0.25, -0.2) is 14.6 Å². The molecule has 0 spiro atoms. The molecule has 0 N–H and O–H groups in total. The Bertz CT molecular complexity index is 404. The molecule has 0 saturated carbocycles. The molecule has 18 heavy (non-hydrogen) atoms. The first-order chi connectivity index (χ1) is 8.81. The number of pyridine rings is 1. The van der Waals surface area contributed by atoms with Gasteiger partial charge in [-0.1, -0.05) is 32.9 Å². The molecular formula is C14H22N4. The molecule has 0 aliphatic heterocycles. The first-order valence-electron chi connectivity index (χ1n) is 6.18. The van der Waals surface area contributed by atoms with Crippen molar-refractivity contribution in [3.8, 4) is 5.82 Å². The number of allylic oxidation sites excluding steroid dienone is 1. The Hall–Kier alpha value is -1.97. The number of rotatable bonds is 2. The van der Waals surface area contributed by atoms with Crippen molar-refractivity contribution in [1.82, 2.24) is 19.7 Å². The summed E-state index contributed by atoms with van der Waals surface area (Å²) in [6.45, 7) is 11.4. The van der Waals surface area contributed by atoms with Crippen LogP contribution in [0.1, 0.15) is 33.3 Å². The van der Waals surface area contributed by atoms with Gasteiger partial charge in [0.25, 0.3) is 0 Å². The lowest BCUT2D eigenvalue weighted by Crippen LogP contribution is -1.97. The maximum absolute atomic E-state index is 4.25. The smallest absolute Gasteiger partial charge is 0.155 e. The van der Waals surface area contributed by atoms with Crippen LogP contribution in [0.25, 0.3) is 5.82 Å². The van der Waals surface area contributed by atoms with Crippen LogP contribution in [0.4, 0.5) is 0 Å². The van der Waals surface area contributed by atoms with Crippen LogP contribution in [0.5, 0.6) is 0 Å². The highest BCUT2D eigenvalue weighted by molar-refractivity contribution is 5.23. The maximum atomic E-state index is 4.25. The second-order valence-electron chi connectivity index (χ2n) is 3.13. The molecule has 4 nitrogen and oxygen atoms in total. The van der Waals surface area contributed by atoms with E-state index in [0.717, 1.165) is 12.2 Å². The van der Waals surface area contributed by atoms with Crippen LogP contribution in [-0.2, 0) is 6.42 Å². The van der Waals surface area contributed by atoms with Gasteiger partial charge in [-0.15, -0.1) is 6.58 Å². The van der Waals surface area contributed by atoms with E-state index in [1.807, 2.05) is 39.1 Å². The van der Waals surface area contributed by atoms with Crippen LogP contribution in [0.3, 0.4) is 0 Å². The van der Waals surface area contributed by atoms with Crippen LogP contribution < -0.4 is 0 Å². The summed E-state index contributed by atoms with van der Waals surface area (Å²) in [5.41, 5.74) is 1.23. The highest BCUT2D eigenvalue weighted by Gasteiger charge is 1.96. The van der Waals surface area contributed by atoms with Crippen LogP contribution >= 0.6 is 0 Å². The van der Waals surface area contributed by atoms with Gasteiger partial charge >= 0.3 is 0 Å². The van der Waals surface area contributed by atoms with Gasteiger partial charge in [0.1, 0.15) is 12.7 Å². The van der Waals surface area contributed by atoms with Crippen molar-refractivity contribution in [1.29, 1.82) is 0 Å². The molecule has 0 radical (unpaired) electrons. The third-order valence-electron chi connectivity index (χ3n) is 1.87. The number of aromatic nitrogens is 4. The minimum atomic E-state index is 0.801. The molecule has 0 saturated heterocycles. The molecule has 0 aromatic carbocycles. The first-order valence-corrected chi connectivity index (χ1v) is 6.18. The first kappa shape index (κ1) is 16.0. The SMILES string of the molecule is C=CC.CC.CCc1ccc(-n2cncn2)nc1. The van der Waals surface area contributed by atoms with E-state index in [1.54, 1.807) is 17.1 Å². The average molecular weight is 246 g/mol. The molecule has 0 aliphatic carbocycles. The fraction of sp³-hybridized carbons (Fsp3) is 0.357. The molecule has 98 valence electrons. The van der Waals surface area contributed by atoms with Gasteiger partial charge < -0.3 is 0 Å². The van der Waals surface area contributed by atoms with Gasteiger partial charge in [-0.2, -0.15) is 5.10 Å². The highest BCUT2D eigenvalue weighted by atomic mass is 15.3.